The zero-order valence-electron chi connectivity index (χ0n) is 12.3. The van der Waals surface area contributed by atoms with Crippen molar-refractivity contribution in [3.63, 3.8) is 0 Å². The van der Waals surface area contributed by atoms with Crippen LogP contribution in [0.4, 0.5) is 0 Å². The standard InChI is InChI=1S/C16H25NO2/c1-14(2)13-17(11-12-19-3)16(18)10-9-15-7-5-4-6-8-15/h4-8,14H,9-13H2,1-3H3. The molecule has 1 aromatic carbocycles. The molecular weight excluding hydrogens is 238 g/mol. The average molecular weight is 263 g/mol. The molecule has 0 aliphatic rings. The fourth-order valence-corrected chi connectivity index (χ4v) is 2.01. The number of hydrogen-bond donors (Lipinski definition) is 0. The molecule has 0 atom stereocenters. The van der Waals surface area contributed by atoms with Crippen LogP contribution in [0.2, 0.25) is 0 Å². The molecule has 19 heavy (non-hydrogen) atoms. The molecular formula is C16H25NO2. The SMILES string of the molecule is COCCN(CC(C)C)C(=O)CCc1ccccc1. The molecule has 0 aliphatic heterocycles. The van der Waals surface area contributed by atoms with Crippen molar-refractivity contribution in [3.05, 3.63) is 35.9 Å². The second-order valence-electron chi connectivity index (χ2n) is 5.21. The average Bonchev–Trinajstić information content (AvgIpc) is 2.41. The molecule has 0 spiro atoms. The Bertz CT molecular complexity index is 362. The molecule has 0 heterocycles. The Morgan fingerprint density at radius 1 is 1.26 bits per heavy atom. The lowest BCUT2D eigenvalue weighted by Gasteiger charge is -2.24. The van der Waals surface area contributed by atoms with Gasteiger partial charge in [-0.15, -0.1) is 0 Å². The van der Waals surface area contributed by atoms with E-state index in [-0.39, 0.29) is 5.91 Å². The summed E-state index contributed by atoms with van der Waals surface area (Å²) in [5, 5.41) is 0. The highest BCUT2D eigenvalue weighted by Crippen LogP contribution is 2.07. The van der Waals surface area contributed by atoms with Crippen LogP contribution in [0.5, 0.6) is 0 Å². The van der Waals surface area contributed by atoms with Gasteiger partial charge in [0.1, 0.15) is 0 Å². The molecule has 0 unspecified atom stereocenters. The first kappa shape index (κ1) is 15.7. The monoisotopic (exact) mass is 263 g/mol. The van der Waals surface area contributed by atoms with Gasteiger partial charge in [0.05, 0.1) is 6.61 Å². The Hall–Kier alpha value is -1.35. The highest BCUT2D eigenvalue weighted by atomic mass is 16.5. The maximum Gasteiger partial charge on any atom is 0.222 e. The quantitative estimate of drug-likeness (QED) is 0.722. The summed E-state index contributed by atoms with van der Waals surface area (Å²) in [7, 11) is 1.67. The summed E-state index contributed by atoms with van der Waals surface area (Å²) >= 11 is 0. The van der Waals surface area contributed by atoms with E-state index in [4.69, 9.17) is 4.74 Å². The van der Waals surface area contributed by atoms with Gasteiger partial charge < -0.3 is 9.64 Å². The molecule has 0 N–H and O–H groups in total. The smallest absolute Gasteiger partial charge is 0.222 e. The number of carbonyl (C=O) groups is 1. The molecule has 106 valence electrons. The summed E-state index contributed by atoms with van der Waals surface area (Å²) in [6.07, 6.45) is 1.38. The van der Waals surface area contributed by atoms with Crippen molar-refractivity contribution in [2.24, 2.45) is 5.92 Å². The van der Waals surface area contributed by atoms with Gasteiger partial charge in [0.2, 0.25) is 5.91 Å². The molecule has 1 aromatic rings. The highest BCUT2D eigenvalue weighted by molar-refractivity contribution is 5.76. The summed E-state index contributed by atoms with van der Waals surface area (Å²) in [6.45, 7) is 6.34. The Morgan fingerprint density at radius 3 is 2.53 bits per heavy atom. The number of aryl methyl sites for hydroxylation is 1. The fourth-order valence-electron chi connectivity index (χ4n) is 2.01. The lowest BCUT2D eigenvalue weighted by Crippen LogP contribution is -2.36. The summed E-state index contributed by atoms with van der Waals surface area (Å²) < 4.78 is 5.07. The minimum Gasteiger partial charge on any atom is -0.383 e. The van der Waals surface area contributed by atoms with Crippen LogP contribution in [0, 0.1) is 5.92 Å². The van der Waals surface area contributed by atoms with E-state index in [1.54, 1.807) is 7.11 Å². The van der Waals surface area contributed by atoms with Gasteiger partial charge in [-0.05, 0) is 17.9 Å². The van der Waals surface area contributed by atoms with Crippen molar-refractivity contribution in [1.29, 1.82) is 0 Å². The number of rotatable bonds is 8. The third-order valence-corrected chi connectivity index (χ3v) is 2.97. The maximum absolute atomic E-state index is 12.2. The topological polar surface area (TPSA) is 29.5 Å². The predicted octanol–water partition coefficient (Wildman–Crippen LogP) is 2.75. The summed E-state index contributed by atoms with van der Waals surface area (Å²) in [5.41, 5.74) is 1.21. The van der Waals surface area contributed by atoms with Gasteiger partial charge in [0.25, 0.3) is 0 Å². The molecule has 3 nitrogen and oxygen atoms in total. The minimum atomic E-state index is 0.217. The molecule has 0 saturated carbocycles. The number of ether oxygens (including phenoxy) is 1. The van der Waals surface area contributed by atoms with Crippen LogP contribution in [-0.4, -0.2) is 37.6 Å². The maximum atomic E-state index is 12.2. The van der Waals surface area contributed by atoms with Crippen LogP contribution < -0.4 is 0 Å². The van der Waals surface area contributed by atoms with Gasteiger partial charge in [-0.2, -0.15) is 0 Å². The van der Waals surface area contributed by atoms with E-state index in [9.17, 15) is 4.79 Å². The zero-order valence-corrected chi connectivity index (χ0v) is 12.3. The number of methoxy groups -OCH3 is 1. The molecule has 3 heteroatoms. The zero-order chi connectivity index (χ0) is 14.1. The van der Waals surface area contributed by atoms with Crippen molar-refractivity contribution in [2.45, 2.75) is 26.7 Å². The van der Waals surface area contributed by atoms with E-state index >= 15 is 0 Å². The van der Waals surface area contributed by atoms with Crippen LogP contribution in [0.1, 0.15) is 25.8 Å². The number of benzene rings is 1. The normalized spacial score (nSPS) is 10.7. The van der Waals surface area contributed by atoms with Crippen LogP contribution in [0.25, 0.3) is 0 Å². The molecule has 0 bridgehead atoms. The van der Waals surface area contributed by atoms with Gasteiger partial charge in [-0.25, -0.2) is 0 Å². The van der Waals surface area contributed by atoms with E-state index in [1.165, 1.54) is 5.56 Å². The Labute approximate surface area is 116 Å². The second-order valence-corrected chi connectivity index (χ2v) is 5.21. The molecule has 0 saturated heterocycles. The Morgan fingerprint density at radius 2 is 1.95 bits per heavy atom. The number of hydrogen-bond acceptors (Lipinski definition) is 2. The van der Waals surface area contributed by atoms with E-state index in [1.807, 2.05) is 23.1 Å². The summed E-state index contributed by atoms with van der Waals surface area (Å²) in [5.74, 6) is 0.701. The number of amides is 1. The van der Waals surface area contributed by atoms with Crippen LogP contribution in [0.3, 0.4) is 0 Å². The molecule has 0 aromatic heterocycles. The third-order valence-electron chi connectivity index (χ3n) is 2.97. The largest absolute Gasteiger partial charge is 0.383 e. The Balaban J connectivity index is 2.46. The van der Waals surface area contributed by atoms with E-state index in [0.29, 0.717) is 25.5 Å². The number of carbonyl (C=O) groups excluding carboxylic acids is 1. The van der Waals surface area contributed by atoms with Gasteiger partial charge in [-0.3, -0.25) is 4.79 Å². The van der Waals surface area contributed by atoms with Crippen molar-refractivity contribution in [1.82, 2.24) is 4.90 Å². The first-order valence-electron chi connectivity index (χ1n) is 6.94. The first-order chi connectivity index (χ1) is 9.13. The van der Waals surface area contributed by atoms with Crippen molar-refractivity contribution in [2.75, 3.05) is 26.8 Å². The van der Waals surface area contributed by atoms with Crippen LogP contribution >= 0.6 is 0 Å². The molecule has 0 radical (unpaired) electrons. The first-order valence-corrected chi connectivity index (χ1v) is 6.94. The van der Waals surface area contributed by atoms with Gasteiger partial charge in [-0.1, -0.05) is 44.2 Å². The van der Waals surface area contributed by atoms with Gasteiger partial charge >= 0.3 is 0 Å². The Kier molecular flexibility index (Phi) is 7.19. The number of nitrogens with zero attached hydrogens (tertiary/aromatic N) is 1. The van der Waals surface area contributed by atoms with E-state index < -0.39 is 0 Å². The van der Waals surface area contributed by atoms with Gasteiger partial charge in [0, 0.05) is 26.6 Å². The molecule has 1 rings (SSSR count). The van der Waals surface area contributed by atoms with Crippen molar-refractivity contribution < 1.29 is 9.53 Å². The molecule has 0 aliphatic carbocycles. The molecule has 0 fully saturated rings. The van der Waals surface area contributed by atoms with E-state index in [2.05, 4.69) is 26.0 Å². The lowest BCUT2D eigenvalue weighted by molar-refractivity contribution is -0.132. The van der Waals surface area contributed by atoms with Crippen LogP contribution in [-0.2, 0) is 16.0 Å². The van der Waals surface area contributed by atoms with Crippen molar-refractivity contribution >= 4 is 5.91 Å². The van der Waals surface area contributed by atoms with Crippen LogP contribution in [0.15, 0.2) is 30.3 Å². The summed E-state index contributed by atoms with van der Waals surface area (Å²) in [6, 6.07) is 10.1. The summed E-state index contributed by atoms with van der Waals surface area (Å²) in [4.78, 5) is 14.1. The highest BCUT2D eigenvalue weighted by Gasteiger charge is 2.14. The minimum absolute atomic E-state index is 0.217. The fraction of sp³-hybridized carbons (Fsp3) is 0.562. The predicted molar refractivity (Wildman–Crippen MR) is 78.1 cm³/mol. The van der Waals surface area contributed by atoms with Gasteiger partial charge in [0.15, 0.2) is 0 Å². The second kappa shape index (κ2) is 8.70. The van der Waals surface area contributed by atoms with E-state index in [0.717, 1.165) is 13.0 Å². The van der Waals surface area contributed by atoms with Crippen molar-refractivity contribution in [3.8, 4) is 0 Å². The molecule has 1 amide bonds. The third kappa shape index (κ3) is 6.39. The lowest BCUT2D eigenvalue weighted by atomic mass is 10.1.